The Morgan fingerprint density at radius 1 is 0.266 bits per heavy atom. The van der Waals surface area contributed by atoms with Crippen molar-refractivity contribution in [2.24, 2.45) is 17.8 Å². The molecule has 0 N–H and O–H groups in total. The van der Waals surface area contributed by atoms with E-state index < -0.39 is 75.3 Å². The van der Waals surface area contributed by atoms with Gasteiger partial charge < -0.3 is 9.47 Å². The van der Waals surface area contributed by atoms with Crippen molar-refractivity contribution in [3.8, 4) is 67.1 Å². The zero-order valence-electron chi connectivity index (χ0n) is 61.8. The molecule has 0 atom stereocenters. The van der Waals surface area contributed by atoms with Gasteiger partial charge in [0.05, 0.1) is 5.56 Å². The van der Waals surface area contributed by atoms with Crippen molar-refractivity contribution >= 4 is 0 Å². The molecule has 2 nitrogen and oxygen atoms in total. The molecule has 0 saturated heterocycles. The summed E-state index contributed by atoms with van der Waals surface area (Å²) in [4.78, 5) is 0. The minimum atomic E-state index is -4.52. The first-order chi connectivity index (χ1) is 51.1. The van der Waals surface area contributed by atoms with Gasteiger partial charge in [-0.3, -0.25) is 0 Å². The fourth-order valence-electron chi connectivity index (χ4n) is 14.4. The van der Waals surface area contributed by atoms with E-state index in [9.17, 15) is 48.3 Å². The molecule has 0 aliphatic heterocycles. The highest BCUT2D eigenvalue weighted by molar-refractivity contribution is 5.73. The van der Waals surface area contributed by atoms with E-state index in [0.29, 0.717) is 35.1 Å². The molecule has 0 bridgehead atoms. The molecule has 3 aliphatic carbocycles. The Morgan fingerprint density at radius 2 is 0.523 bits per heavy atom. The van der Waals surface area contributed by atoms with Crippen molar-refractivity contribution in [3.63, 3.8) is 0 Å². The molecule has 0 radical (unpaired) electrons. The van der Waals surface area contributed by atoms with Gasteiger partial charge in [0.1, 0.15) is 57.8 Å². The van der Waals surface area contributed by atoms with Gasteiger partial charge in [-0.15, -0.1) is 0 Å². The van der Waals surface area contributed by atoms with Crippen LogP contribution in [0.3, 0.4) is 0 Å². The molecule has 3 aliphatic rings. The number of benzene rings is 11. The molecule has 3 fully saturated rings. The molecule has 11 aromatic rings. The van der Waals surface area contributed by atoms with Crippen molar-refractivity contribution in [3.05, 3.63) is 321 Å². The van der Waals surface area contributed by atoms with Crippen LogP contribution in [0.5, 0.6) is 11.5 Å². The fourth-order valence-corrected chi connectivity index (χ4v) is 14.4. The van der Waals surface area contributed by atoms with Crippen LogP contribution in [0.1, 0.15) is 186 Å². The van der Waals surface area contributed by atoms with E-state index in [4.69, 9.17) is 0 Å². The maximum atomic E-state index is 14.7. The third-order valence-electron chi connectivity index (χ3n) is 21.5. The Hall–Kier alpha value is -9.75. The van der Waals surface area contributed by atoms with Crippen molar-refractivity contribution in [1.82, 2.24) is 0 Å². The van der Waals surface area contributed by atoms with Crippen LogP contribution in [0.2, 0.25) is 0 Å². The highest BCUT2D eigenvalue weighted by Crippen LogP contribution is 2.43. The summed E-state index contributed by atoms with van der Waals surface area (Å²) >= 11 is 0. The van der Waals surface area contributed by atoms with E-state index in [1.807, 2.05) is 86.6 Å². The first-order valence-corrected chi connectivity index (χ1v) is 37.1. The zero-order valence-corrected chi connectivity index (χ0v) is 61.8. The minimum absolute atomic E-state index is 0. The van der Waals surface area contributed by atoms with Gasteiger partial charge in [-0.1, -0.05) is 261 Å². The van der Waals surface area contributed by atoms with Crippen LogP contribution in [0.25, 0.3) is 55.6 Å². The second-order valence-corrected chi connectivity index (χ2v) is 29.7. The maximum absolute atomic E-state index is 14.7. The molecule has 109 heavy (non-hydrogen) atoms. The lowest BCUT2D eigenvalue weighted by Crippen LogP contribution is -2.25. The normalized spacial score (nSPS) is 17.6. The molecule has 14 rings (SSSR count). The molecule has 3 saturated carbocycles. The lowest BCUT2D eigenvalue weighted by molar-refractivity contribution is -0.189. The lowest BCUT2D eigenvalue weighted by atomic mass is 9.79. The molecule has 0 spiro atoms. The number of hydrogen-bond acceptors (Lipinski definition) is 2. The van der Waals surface area contributed by atoms with Gasteiger partial charge in [0.15, 0.2) is 0 Å². The van der Waals surface area contributed by atoms with Gasteiger partial charge in [-0.2, -0.15) is 17.6 Å². The van der Waals surface area contributed by atoms with E-state index in [-0.39, 0.29) is 31.8 Å². The second kappa shape index (κ2) is 37.1. The summed E-state index contributed by atoms with van der Waals surface area (Å²) in [6.45, 7) is 15.5. The highest BCUT2D eigenvalue weighted by atomic mass is 19.3. The third-order valence-corrected chi connectivity index (χ3v) is 21.5. The predicted molar refractivity (Wildman–Crippen MR) is 423 cm³/mol. The summed E-state index contributed by atoms with van der Waals surface area (Å²) in [5.74, 6) is -4.12. The summed E-state index contributed by atoms with van der Waals surface area (Å²) in [7, 11) is 0. The predicted octanol–water partition coefficient (Wildman–Crippen LogP) is 30.0. The summed E-state index contributed by atoms with van der Waals surface area (Å²) in [6.07, 6.45) is 7.55. The average molecular weight is 1490 g/mol. The van der Waals surface area contributed by atoms with E-state index in [2.05, 4.69) is 97.8 Å². The molecule has 11 aromatic carbocycles. The first-order valence-electron chi connectivity index (χ1n) is 37.1. The summed E-state index contributed by atoms with van der Waals surface area (Å²) in [5, 5.41) is 0. The SMILES string of the molecule is C.C.Cc1c(F)cc(OC(F)(F)c2ccc(-c3ccc(C4CCC(C)CC4)cc3)cc2)cc1F.Cc1ccc(-c2ccc(-c3cc(F)c(C(F)(F)Oc4cc(F)c(C)c(F)c4)c(F)c3)cc2)cc1.Cc1ccc(-c2ccc(-c3ccc(C4CCC(C)CC4)cc3)cc2F)cc1.Cc1ccc(C2CCC(C)CC2)cc1. The number of ether oxygens (including phenoxy) is 2. The third kappa shape index (κ3) is 21.6. The Balaban J connectivity index is 0.000000172. The summed E-state index contributed by atoms with van der Waals surface area (Å²) in [6, 6.07) is 64.1. The van der Waals surface area contributed by atoms with Crippen molar-refractivity contribution in [2.45, 2.75) is 177 Å². The number of alkyl halides is 4. The monoisotopic (exact) mass is 1490 g/mol. The smallest absolute Gasteiger partial charge is 0.429 e. The number of hydrogen-bond donors (Lipinski definition) is 0. The van der Waals surface area contributed by atoms with Crippen LogP contribution in [0, 0.1) is 93.1 Å². The largest absolute Gasteiger partial charge is 0.432 e. The van der Waals surface area contributed by atoms with Crippen molar-refractivity contribution in [2.75, 3.05) is 0 Å². The Bertz CT molecular complexity index is 4670. The lowest BCUT2D eigenvalue weighted by Gasteiger charge is -2.26. The van der Waals surface area contributed by atoms with Crippen LogP contribution in [0.15, 0.2) is 224 Å². The van der Waals surface area contributed by atoms with E-state index in [0.717, 1.165) is 99.4 Å². The standard InChI is InChI=1S/C27H18F6O.C27H26F4O.C26H27F.C14H20.2CH4/c1-15-3-5-17(6-4-15)18-7-9-19(10-8-18)20-11-24(30)26(25(31)12-20)27(32,33)34-21-13-22(28)16(2)23(29)14-21;1-17-3-5-19(6-4-17)20-7-9-21(10-8-20)22-11-13-23(14-12-22)27(30,31)32-24-15-25(28)18(2)26(29)16-24;1-18-3-7-20(8-4-18)21-11-13-22(14-12-21)24-15-16-25(26(27)17-24)23-9-5-19(2)6-10-23;1-11-3-7-13(8-4-11)14-9-5-12(2)6-10-14;;/h3-14H,1-2H3;7-17,19H,3-6H2,1-2H3;5-6,9-18,20H,3-4,7-8H2,1-2H3;3-4,7-8,12,14H,5-6,9-10H2,1-2H3;2*1H4. The van der Waals surface area contributed by atoms with Gasteiger partial charge in [0, 0.05) is 41.0 Å². The van der Waals surface area contributed by atoms with E-state index >= 15 is 0 Å². The van der Waals surface area contributed by atoms with E-state index in [1.54, 1.807) is 48.0 Å². The molecule has 0 aromatic heterocycles. The topological polar surface area (TPSA) is 18.5 Å². The molecule has 0 unspecified atom stereocenters. The average Bonchev–Trinajstić information content (AvgIpc) is 0.780. The first kappa shape index (κ1) is 83.3. The van der Waals surface area contributed by atoms with Gasteiger partial charge in [-0.25, -0.2) is 30.7 Å². The highest BCUT2D eigenvalue weighted by Gasteiger charge is 2.42. The molecular formula is C96H99F11O2. The Labute approximate surface area is 637 Å². The maximum Gasteiger partial charge on any atom is 0.432 e. The number of aryl methyl sites for hydroxylation is 3. The molecule has 13 heteroatoms. The van der Waals surface area contributed by atoms with Crippen LogP contribution in [0.4, 0.5) is 48.3 Å². The van der Waals surface area contributed by atoms with Gasteiger partial charge >= 0.3 is 12.2 Å². The van der Waals surface area contributed by atoms with Crippen LogP contribution in [-0.4, -0.2) is 0 Å². The van der Waals surface area contributed by atoms with Crippen molar-refractivity contribution < 1.29 is 57.8 Å². The molecular weight excluding hydrogens is 1390 g/mol. The van der Waals surface area contributed by atoms with Crippen molar-refractivity contribution in [1.29, 1.82) is 0 Å². The van der Waals surface area contributed by atoms with Gasteiger partial charge in [0.2, 0.25) is 0 Å². The molecule has 0 amide bonds. The fraction of sp³-hybridized carbons (Fsp3) is 0.312. The Morgan fingerprint density at radius 3 is 0.872 bits per heavy atom. The van der Waals surface area contributed by atoms with Crippen LogP contribution >= 0.6 is 0 Å². The number of rotatable bonds is 14. The summed E-state index contributed by atoms with van der Waals surface area (Å²) < 4.78 is 166. The molecule has 0 heterocycles. The zero-order chi connectivity index (χ0) is 76.3. The van der Waals surface area contributed by atoms with Gasteiger partial charge in [-0.05, 0) is 206 Å². The minimum Gasteiger partial charge on any atom is -0.429 e. The quantitative estimate of drug-likeness (QED) is 0.101. The molecule has 572 valence electrons. The van der Waals surface area contributed by atoms with Gasteiger partial charge in [0.25, 0.3) is 0 Å². The Kier molecular flexibility index (Phi) is 28.4. The second-order valence-electron chi connectivity index (χ2n) is 29.7. The van der Waals surface area contributed by atoms with Crippen LogP contribution in [-0.2, 0) is 12.2 Å². The summed E-state index contributed by atoms with van der Waals surface area (Å²) in [5.41, 5.74) is 12.9. The van der Waals surface area contributed by atoms with Crippen LogP contribution < -0.4 is 9.47 Å². The number of halogens is 11. The van der Waals surface area contributed by atoms with E-state index in [1.165, 1.54) is 118 Å².